The molecule has 2 radical (unpaired) electrons. The maximum atomic E-state index is 12.3. The molecule has 0 bridgehead atoms. The quantitative estimate of drug-likeness (QED) is 0.571. The Morgan fingerprint density at radius 3 is 2.46 bits per heavy atom. The van der Waals surface area contributed by atoms with Gasteiger partial charge in [-0.25, -0.2) is 0 Å². The molecule has 4 rings (SSSR count). The average Bonchev–Trinajstić information content (AvgIpc) is 3.47. The highest BCUT2D eigenvalue weighted by atomic mass is 16.5. The summed E-state index contributed by atoms with van der Waals surface area (Å²) < 4.78 is 5.90. The van der Waals surface area contributed by atoms with Crippen molar-refractivity contribution in [2.24, 2.45) is 11.8 Å². The number of hydrogen-bond donors (Lipinski definition) is 1. The van der Waals surface area contributed by atoms with Crippen LogP contribution >= 0.6 is 0 Å². The predicted molar refractivity (Wildman–Crippen MR) is 112 cm³/mol. The van der Waals surface area contributed by atoms with Gasteiger partial charge < -0.3 is 10.1 Å². The Bertz CT molecular complexity index is 942. The van der Waals surface area contributed by atoms with Gasteiger partial charge in [-0.3, -0.25) is 4.79 Å². The van der Waals surface area contributed by atoms with Crippen LogP contribution in [0.4, 0.5) is 0 Å². The minimum Gasteiger partial charge on any atom is -0.458 e. The van der Waals surface area contributed by atoms with E-state index in [1.165, 1.54) is 6.42 Å². The Kier molecular flexibility index (Phi) is 5.29. The Morgan fingerprint density at radius 2 is 1.75 bits per heavy atom. The molecule has 28 heavy (non-hydrogen) atoms. The molecule has 2 atom stereocenters. The van der Waals surface area contributed by atoms with E-state index in [1.807, 2.05) is 54.6 Å². The fourth-order valence-corrected chi connectivity index (χ4v) is 3.41. The lowest BCUT2D eigenvalue weighted by molar-refractivity contribution is -0.113. The number of carbonyl (C=O) groups excluding carboxylic acids is 1. The third-order valence-electron chi connectivity index (χ3n) is 5.27. The van der Waals surface area contributed by atoms with Crippen LogP contribution < -0.4 is 10.2 Å². The summed E-state index contributed by atoms with van der Waals surface area (Å²) in [5.41, 5.74) is 2.85. The lowest BCUT2D eigenvalue weighted by Gasteiger charge is -2.10. The van der Waals surface area contributed by atoms with Crippen LogP contribution in [0, 0.1) is 17.2 Å². The zero-order valence-electron chi connectivity index (χ0n) is 15.7. The molecule has 1 saturated carbocycles. The van der Waals surface area contributed by atoms with Gasteiger partial charge in [-0.15, -0.1) is 0 Å². The minimum atomic E-state index is -0.117. The van der Waals surface area contributed by atoms with E-state index in [0.29, 0.717) is 30.6 Å². The number of ether oxygens (including phenoxy) is 1. The van der Waals surface area contributed by atoms with Crippen molar-refractivity contribution in [3.8, 4) is 5.75 Å². The van der Waals surface area contributed by atoms with Crippen molar-refractivity contribution in [2.45, 2.75) is 25.7 Å². The topological polar surface area (TPSA) is 50.2 Å². The van der Waals surface area contributed by atoms with E-state index in [0.717, 1.165) is 28.6 Å². The molecule has 0 saturated heterocycles. The van der Waals surface area contributed by atoms with Crippen LogP contribution in [-0.2, 0) is 17.6 Å². The molecule has 3 nitrogen and oxygen atoms in total. The van der Waals surface area contributed by atoms with Crippen LogP contribution in [0.2, 0.25) is 0 Å². The molecule has 2 unspecified atom stereocenters. The zero-order valence-corrected chi connectivity index (χ0v) is 15.7. The van der Waals surface area contributed by atoms with Gasteiger partial charge in [0, 0.05) is 12.8 Å². The Balaban J connectivity index is 1.27. The summed E-state index contributed by atoms with van der Waals surface area (Å²) in [7, 11) is 5.67. The van der Waals surface area contributed by atoms with E-state index >= 15 is 0 Å². The van der Waals surface area contributed by atoms with Crippen LogP contribution in [0.25, 0.3) is 0 Å². The maximum Gasteiger partial charge on any atom is 0.176 e. The second-order valence-corrected chi connectivity index (χ2v) is 7.56. The molecule has 2 aromatic rings. The van der Waals surface area contributed by atoms with Crippen molar-refractivity contribution in [1.29, 1.82) is 5.41 Å². The standard InChI is InChI=1S/C24H22BNO2/c25-20-7-1-16(2-8-20)5-12-24(27)23(26)13-17-3-9-21(10-4-17)28-22-11-6-18-14-19(18)15-22/h1-4,6-11,15,18-19,26H,5,12-14H2. The second kappa shape index (κ2) is 8.01. The van der Waals surface area contributed by atoms with Gasteiger partial charge in [0.05, 0.1) is 5.71 Å². The van der Waals surface area contributed by atoms with Gasteiger partial charge in [-0.2, -0.15) is 0 Å². The monoisotopic (exact) mass is 367 g/mol. The van der Waals surface area contributed by atoms with E-state index in [1.54, 1.807) is 0 Å². The van der Waals surface area contributed by atoms with Crippen LogP contribution in [0.3, 0.4) is 0 Å². The van der Waals surface area contributed by atoms with Crippen LogP contribution in [0.1, 0.15) is 24.0 Å². The number of rotatable bonds is 8. The van der Waals surface area contributed by atoms with Gasteiger partial charge in [0.25, 0.3) is 0 Å². The van der Waals surface area contributed by atoms with Crippen molar-refractivity contribution in [1.82, 2.24) is 0 Å². The molecule has 2 aliphatic carbocycles. The third kappa shape index (κ3) is 4.69. The van der Waals surface area contributed by atoms with E-state index in [4.69, 9.17) is 18.0 Å². The first-order valence-corrected chi connectivity index (χ1v) is 9.69. The highest BCUT2D eigenvalue weighted by Gasteiger charge is 2.35. The van der Waals surface area contributed by atoms with Crippen LogP contribution in [0.15, 0.2) is 72.5 Å². The molecule has 0 aromatic heterocycles. The van der Waals surface area contributed by atoms with Crippen molar-refractivity contribution in [3.63, 3.8) is 0 Å². The Hall–Kier alpha value is -2.88. The number of fused-ring (bicyclic) bond motifs is 1. The van der Waals surface area contributed by atoms with Crippen LogP contribution in [0.5, 0.6) is 5.75 Å². The number of Topliss-reactive ketones (excluding diaryl/α,β-unsaturated/α-hetero) is 1. The molecule has 0 amide bonds. The molecular formula is C24H22BNO2. The molecule has 1 fully saturated rings. The maximum absolute atomic E-state index is 12.3. The third-order valence-corrected chi connectivity index (χ3v) is 5.27. The lowest BCUT2D eigenvalue weighted by atomic mass is 9.94. The molecule has 2 aromatic carbocycles. The molecule has 0 heterocycles. The highest BCUT2D eigenvalue weighted by molar-refractivity contribution is 6.39. The van der Waals surface area contributed by atoms with Crippen LogP contribution in [-0.4, -0.2) is 19.3 Å². The molecule has 1 N–H and O–H groups in total. The van der Waals surface area contributed by atoms with Gasteiger partial charge >= 0.3 is 0 Å². The van der Waals surface area contributed by atoms with Crippen molar-refractivity contribution in [2.75, 3.05) is 0 Å². The first kappa shape index (κ1) is 18.5. The summed E-state index contributed by atoms with van der Waals surface area (Å²) in [5.74, 6) is 2.93. The molecule has 0 aliphatic heterocycles. The molecule has 2 aliphatic rings. The fraction of sp³-hybridized carbons (Fsp3) is 0.250. The van der Waals surface area contributed by atoms with Crippen molar-refractivity contribution < 1.29 is 9.53 Å². The predicted octanol–water partition coefficient (Wildman–Crippen LogP) is 3.71. The number of allylic oxidation sites excluding steroid dienone is 3. The van der Waals surface area contributed by atoms with Gasteiger partial charge in [-0.1, -0.05) is 47.9 Å². The van der Waals surface area contributed by atoms with Gasteiger partial charge in [0.15, 0.2) is 5.78 Å². The molecular weight excluding hydrogens is 345 g/mol. The molecule has 0 spiro atoms. The van der Waals surface area contributed by atoms with Crippen molar-refractivity contribution >= 4 is 24.8 Å². The van der Waals surface area contributed by atoms with E-state index in [-0.39, 0.29) is 11.5 Å². The zero-order chi connectivity index (χ0) is 19.5. The number of benzene rings is 2. The number of carbonyl (C=O) groups is 1. The summed E-state index contributed by atoms with van der Waals surface area (Å²) >= 11 is 0. The number of ketones is 1. The van der Waals surface area contributed by atoms with Gasteiger partial charge in [0.2, 0.25) is 0 Å². The normalized spacial score (nSPS) is 19.5. The number of aryl methyl sites for hydroxylation is 1. The van der Waals surface area contributed by atoms with E-state index in [2.05, 4.69) is 12.2 Å². The summed E-state index contributed by atoms with van der Waals surface area (Å²) in [6.45, 7) is 0. The van der Waals surface area contributed by atoms with Gasteiger partial charge in [0.1, 0.15) is 19.4 Å². The Morgan fingerprint density at radius 1 is 1.04 bits per heavy atom. The fourth-order valence-electron chi connectivity index (χ4n) is 3.41. The lowest BCUT2D eigenvalue weighted by Crippen LogP contribution is -2.16. The smallest absolute Gasteiger partial charge is 0.176 e. The van der Waals surface area contributed by atoms with Crippen molar-refractivity contribution in [3.05, 3.63) is 83.6 Å². The first-order chi connectivity index (χ1) is 13.6. The summed E-state index contributed by atoms with van der Waals surface area (Å²) in [4.78, 5) is 12.3. The largest absolute Gasteiger partial charge is 0.458 e. The number of hydrogen-bond acceptors (Lipinski definition) is 3. The molecule has 4 heteroatoms. The number of nitrogens with one attached hydrogen (secondary N) is 1. The first-order valence-electron chi connectivity index (χ1n) is 9.69. The highest BCUT2D eigenvalue weighted by Crippen LogP contribution is 2.44. The Labute approximate surface area is 167 Å². The minimum absolute atomic E-state index is 0.117. The summed E-state index contributed by atoms with van der Waals surface area (Å²) in [5, 5.41) is 8.10. The van der Waals surface area contributed by atoms with E-state index < -0.39 is 0 Å². The van der Waals surface area contributed by atoms with Gasteiger partial charge in [-0.05, 0) is 60.1 Å². The molecule has 138 valence electrons. The van der Waals surface area contributed by atoms with E-state index in [9.17, 15) is 4.79 Å². The summed E-state index contributed by atoms with van der Waals surface area (Å²) in [6.07, 6.45) is 8.98. The average molecular weight is 367 g/mol. The summed E-state index contributed by atoms with van der Waals surface area (Å²) in [6, 6.07) is 15.1. The second-order valence-electron chi connectivity index (χ2n) is 7.56. The SMILES string of the molecule is [B]c1ccc(CCC(=O)C(=N)Cc2ccc(OC3=CC4CC4C=C3)cc2)cc1.